The zero-order valence-electron chi connectivity index (χ0n) is 8.90. The fraction of sp³-hybridized carbons (Fsp3) is 0.333. The molecule has 3 heteroatoms. The van der Waals surface area contributed by atoms with Crippen LogP contribution in [0.1, 0.15) is 26.3 Å². The molecule has 1 aromatic heterocycles. The van der Waals surface area contributed by atoms with Crippen LogP contribution in [-0.4, -0.2) is 0 Å². The molecule has 0 amide bonds. The summed E-state index contributed by atoms with van der Waals surface area (Å²) in [5.74, 6) is 0. The summed E-state index contributed by atoms with van der Waals surface area (Å²) < 4.78 is 3.93. The molecule has 0 aliphatic carbocycles. The molecule has 0 spiro atoms. The van der Waals surface area contributed by atoms with Crippen molar-refractivity contribution in [3.63, 3.8) is 0 Å². The summed E-state index contributed by atoms with van der Waals surface area (Å²) in [4.78, 5) is 0. The van der Waals surface area contributed by atoms with Crippen LogP contribution in [0.15, 0.2) is 22.0 Å². The van der Waals surface area contributed by atoms with Crippen LogP contribution in [0, 0.1) is 3.57 Å². The predicted octanol–water partition coefficient (Wildman–Crippen LogP) is 5.57. The first kappa shape index (κ1) is 11.9. The third-order valence-corrected chi connectivity index (χ3v) is 6.52. The molecule has 2 rings (SSSR count). The summed E-state index contributed by atoms with van der Waals surface area (Å²) in [5.41, 5.74) is 1.63. The van der Waals surface area contributed by atoms with Gasteiger partial charge in [-0.3, -0.25) is 0 Å². The van der Waals surface area contributed by atoms with E-state index in [-0.39, 0.29) is 5.41 Å². The number of thiophene rings is 1. The highest BCUT2D eigenvalue weighted by atomic mass is 127. The van der Waals surface area contributed by atoms with Crippen molar-refractivity contribution in [2.45, 2.75) is 26.2 Å². The number of hydrogen-bond acceptors (Lipinski definition) is 1. The maximum absolute atomic E-state index is 3.59. The van der Waals surface area contributed by atoms with Crippen LogP contribution in [0.25, 0.3) is 10.1 Å². The van der Waals surface area contributed by atoms with Gasteiger partial charge in [0.15, 0.2) is 0 Å². The van der Waals surface area contributed by atoms with Gasteiger partial charge in [-0.1, -0.05) is 26.8 Å². The van der Waals surface area contributed by atoms with Crippen LogP contribution in [0.5, 0.6) is 0 Å². The molecule has 0 aliphatic rings. The van der Waals surface area contributed by atoms with Gasteiger partial charge < -0.3 is 0 Å². The molecule has 15 heavy (non-hydrogen) atoms. The quantitative estimate of drug-likeness (QED) is 0.512. The number of hydrogen-bond donors (Lipinski definition) is 0. The maximum Gasteiger partial charge on any atom is 0.0844 e. The molecule has 0 saturated heterocycles. The van der Waals surface area contributed by atoms with E-state index in [1.807, 2.05) is 11.3 Å². The van der Waals surface area contributed by atoms with E-state index >= 15 is 0 Å². The molecule has 1 aromatic carbocycles. The highest BCUT2D eigenvalue weighted by molar-refractivity contribution is 14.1. The third-order valence-electron chi connectivity index (χ3n) is 2.45. The van der Waals surface area contributed by atoms with Gasteiger partial charge in [0.2, 0.25) is 0 Å². The number of fused-ring (bicyclic) bond motifs is 1. The van der Waals surface area contributed by atoms with Crippen LogP contribution in [0.4, 0.5) is 0 Å². The van der Waals surface area contributed by atoms with Crippen LogP contribution in [0.3, 0.4) is 0 Å². The molecule has 0 bridgehead atoms. The second kappa shape index (κ2) is 4.00. The lowest BCUT2D eigenvalue weighted by Gasteiger charge is -2.18. The zero-order chi connectivity index (χ0) is 11.2. The Morgan fingerprint density at radius 3 is 2.53 bits per heavy atom. The topological polar surface area (TPSA) is 0 Å². The standard InChI is InChI=1S/C12H12BrIS/c1-12(2,3)7-4-5-9-8(6-7)10(14)11(13)15-9/h4-6H,1-3H3. The second-order valence-electron chi connectivity index (χ2n) is 4.65. The van der Waals surface area contributed by atoms with Gasteiger partial charge in [0.25, 0.3) is 0 Å². The summed E-state index contributed by atoms with van der Waals surface area (Å²) >= 11 is 7.81. The first-order valence-corrected chi connectivity index (χ1v) is 7.46. The van der Waals surface area contributed by atoms with Gasteiger partial charge in [0.05, 0.1) is 3.79 Å². The van der Waals surface area contributed by atoms with Crippen LogP contribution in [-0.2, 0) is 5.41 Å². The normalized spacial score (nSPS) is 12.3. The Morgan fingerprint density at radius 2 is 1.93 bits per heavy atom. The largest absolute Gasteiger partial charge is 0.127 e. The Labute approximate surface area is 116 Å². The molecule has 0 atom stereocenters. The van der Waals surface area contributed by atoms with E-state index in [1.165, 1.54) is 23.0 Å². The molecule has 2 aromatic rings. The average Bonchev–Trinajstić information content (AvgIpc) is 2.41. The fourth-order valence-electron chi connectivity index (χ4n) is 1.50. The van der Waals surface area contributed by atoms with E-state index in [0.717, 1.165) is 0 Å². The smallest absolute Gasteiger partial charge is 0.0844 e. The lowest BCUT2D eigenvalue weighted by atomic mass is 9.87. The van der Waals surface area contributed by atoms with Gasteiger partial charge in [0, 0.05) is 13.7 Å². The van der Waals surface area contributed by atoms with E-state index in [9.17, 15) is 0 Å². The Hall–Kier alpha value is 0.390. The van der Waals surface area contributed by atoms with E-state index in [2.05, 4.69) is 77.5 Å². The molecule has 0 radical (unpaired) electrons. The van der Waals surface area contributed by atoms with Crippen LogP contribution in [0.2, 0.25) is 0 Å². The van der Waals surface area contributed by atoms with E-state index < -0.39 is 0 Å². The Balaban J connectivity index is 2.70. The molecular formula is C12H12BrIS. The van der Waals surface area contributed by atoms with Crippen LogP contribution >= 0.6 is 49.9 Å². The summed E-state index contributed by atoms with van der Waals surface area (Å²) in [6.45, 7) is 6.76. The minimum Gasteiger partial charge on any atom is -0.127 e. The lowest BCUT2D eigenvalue weighted by molar-refractivity contribution is 0.591. The molecule has 1 heterocycles. The van der Waals surface area contributed by atoms with Gasteiger partial charge in [-0.15, -0.1) is 11.3 Å². The van der Waals surface area contributed by atoms with Crippen molar-refractivity contribution in [2.75, 3.05) is 0 Å². The molecule has 0 saturated carbocycles. The minimum atomic E-state index is 0.228. The average molecular weight is 395 g/mol. The second-order valence-corrected chi connectivity index (χ2v) is 8.10. The highest BCUT2D eigenvalue weighted by Crippen LogP contribution is 2.38. The van der Waals surface area contributed by atoms with E-state index in [1.54, 1.807) is 0 Å². The maximum atomic E-state index is 3.59. The zero-order valence-corrected chi connectivity index (χ0v) is 13.5. The fourth-order valence-corrected chi connectivity index (χ4v) is 4.00. The predicted molar refractivity (Wildman–Crippen MR) is 80.9 cm³/mol. The summed E-state index contributed by atoms with van der Waals surface area (Å²) in [5, 5.41) is 1.37. The third kappa shape index (κ3) is 2.24. The molecule has 0 fully saturated rings. The van der Waals surface area contributed by atoms with Crippen LogP contribution < -0.4 is 0 Å². The van der Waals surface area contributed by atoms with Gasteiger partial charge in [0.1, 0.15) is 0 Å². The minimum absolute atomic E-state index is 0.228. The van der Waals surface area contributed by atoms with Gasteiger partial charge in [-0.25, -0.2) is 0 Å². The molecule has 0 aliphatic heterocycles. The van der Waals surface area contributed by atoms with Crippen molar-refractivity contribution in [3.05, 3.63) is 31.1 Å². The van der Waals surface area contributed by atoms with E-state index in [4.69, 9.17) is 0 Å². The summed E-state index contributed by atoms with van der Waals surface area (Å²) in [6, 6.07) is 6.78. The van der Waals surface area contributed by atoms with Gasteiger partial charge >= 0.3 is 0 Å². The van der Waals surface area contributed by atoms with Crippen molar-refractivity contribution in [3.8, 4) is 0 Å². The van der Waals surface area contributed by atoms with Crippen molar-refractivity contribution >= 4 is 59.9 Å². The Bertz CT molecular complexity index is 508. The highest BCUT2D eigenvalue weighted by Gasteiger charge is 2.15. The molecule has 0 unspecified atom stereocenters. The van der Waals surface area contributed by atoms with Crippen molar-refractivity contribution in [1.82, 2.24) is 0 Å². The van der Waals surface area contributed by atoms with Gasteiger partial charge in [-0.05, 0) is 61.6 Å². The van der Waals surface area contributed by atoms with Crippen molar-refractivity contribution < 1.29 is 0 Å². The monoisotopic (exact) mass is 394 g/mol. The first-order chi connectivity index (χ1) is 6.89. The number of benzene rings is 1. The SMILES string of the molecule is CC(C)(C)c1ccc2sc(Br)c(I)c2c1. The number of halogens is 2. The van der Waals surface area contributed by atoms with E-state index in [0.29, 0.717) is 0 Å². The lowest BCUT2D eigenvalue weighted by Crippen LogP contribution is -2.10. The first-order valence-electron chi connectivity index (χ1n) is 4.77. The van der Waals surface area contributed by atoms with Crippen molar-refractivity contribution in [2.24, 2.45) is 0 Å². The summed E-state index contributed by atoms with van der Waals surface area (Å²) in [6.07, 6.45) is 0. The summed E-state index contributed by atoms with van der Waals surface area (Å²) in [7, 11) is 0. The molecule has 80 valence electrons. The van der Waals surface area contributed by atoms with Crippen molar-refractivity contribution in [1.29, 1.82) is 0 Å². The molecular weight excluding hydrogens is 383 g/mol. The Kier molecular flexibility index (Phi) is 3.17. The number of rotatable bonds is 0. The molecule has 0 N–H and O–H groups in total. The Morgan fingerprint density at radius 1 is 1.27 bits per heavy atom. The van der Waals surface area contributed by atoms with Gasteiger partial charge in [-0.2, -0.15) is 0 Å². The molecule has 0 nitrogen and oxygen atoms in total.